The van der Waals surface area contributed by atoms with Gasteiger partial charge in [-0.3, -0.25) is 4.57 Å². The number of halogens is 1. The van der Waals surface area contributed by atoms with Crippen LogP contribution in [0.2, 0.25) is 23.2 Å². The van der Waals surface area contributed by atoms with Crippen molar-refractivity contribution in [3.8, 4) is 23.0 Å². The van der Waals surface area contributed by atoms with Crippen molar-refractivity contribution in [2.75, 3.05) is 12.9 Å². The Morgan fingerprint density at radius 1 is 1.02 bits per heavy atom. The molecule has 0 atom stereocenters. The average molecular weight is 602 g/mol. The minimum atomic E-state index is -3.57. The molecule has 214 valence electrons. The van der Waals surface area contributed by atoms with E-state index in [1.807, 2.05) is 30.3 Å². The Morgan fingerprint density at radius 3 is 2.38 bits per heavy atom. The van der Waals surface area contributed by atoms with Gasteiger partial charge >= 0.3 is 0 Å². The second-order valence-electron chi connectivity index (χ2n) is 11.2. The second-order valence-corrected chi connectivity index (χ2v) is 18.7. The van der Waals surface area contributed by atoms with E-state index in [0.717, 1.165) is 11.1 Å². The number of aromatic nitrogens is 3. The fourth-order valence-corrected chi connectivity index (χ4v) is 6.33. The van der Waals surface area contributed by atoms with E-state index in [1.165, 1.54) is 0 Å². The highest BCUT2D eigenvalue weighted by Crippen LogP contribution is 2.39. The van der Waals surface area contributed by atoms with Crippen molar-refractivity contribution in [3.63, 3.8) is 0 Å². The molecule has 0 aliphatic carbocycles. The summed E-state index contributed by atoms with van der Waals surface area (Å²) >= 11 is 5.98. The lowest BCUT2D eigenvalue weighted by atomic mass is 10.1. The molecule has 0 aliphatic rings. The highest BCUT2D eigenvalue weighted by molar-refractivity contribution is 7.90. The van der Waals surface area contributed by atoms with Gasteiger partial charge < -0.3 is 13.6 Å². The van der Waals surface area contributed by atoms with Gasteiger partial charge in [0.25, 0.3) is 0 Å². The number of hydrogen-bond acceptors (Lipinski definition) is 7. The number of methoxy groups -OCH3 is 1. The molecule has 0 saturated heterocycles. The number of nitrogens with zero attached hydrogens (tertiary/aromatic N) is 3. The molecule has 0 saturated carbocycles. The van der Waals surface area contributed by atoms with Crippen LogP contribution in [-0.4, -0.2) is 44.4 Å². The molecule has 0 N–H and O–H groups in total. The lowest BCUT2D eigenvalue weighted by Crippen LogP contribution is -2.40. The smallest absolute Gasteiger partial charge is 0.204 e. The van der Waals surface area contributed by atoms with Crippen molar-refractivity contribution in [2.24, 2.45) is 0 Å². The molecular formula is C29H36ClN3O5SSi. The molecule has 0 amide bonds. The highest BCUT2D eigenvalue weighted by Gasteiger charge is 2.37. The van der Waals surface area contributed by atoms with E-state index in [9.17, 15) is 8.42 Å². The van der Waals surface area contributed by atoms with Crippen LogP contribution in [0.1, 0.15) is 37.7 Å². The summed E-state index contributed by atoms with van der Waals surface area (Å²) in [5.41, 5.74) is 2.35. The van der Waals surface area contributed by atoms with Gasteiger partial charge in [-0.1, -0.05) is 56.6 Å². The van der Waals surface area contributed by atoms with Crippen molar-refractivity contribution in [2.45, 2.75) is 57.7 Å². The third-order valence-corrected chi connectivity index (χ3v) is 13.6. The predicted octanol–water partition coefficient (Wildman–Crippen LogP) is 6.87. The van der Waals surface area contributed by atoms with Crippen molar-refractivity contribution in [1.82, 2.24) is 14.8 Å². The van der Waals surface area contributed by atoms with Crippen molar-refractivity contribution >= 4 is 29.8 Å². The second kappa shape index (κ2) is 11.9. The summed E-state index contributed by atoms with van der Waals surface area (Å²) in [6.07, 6.45) is 1.90. The van der Waals surface area contributed by atoms with Crippen molar-refractivity contribution in [3.05, 3.63) is 82.8 Å². The van der Waals surface area contributed by atoms with Crippen LogP contribution in [-0.2, 0) is 33.0 Å². The van der Waals surface area contributed by atoms with Crippen LogP contribution in [0.25, 0.3) is 17.3 Å². The van der Waals surface area contributed by atoms with Crippen LogP contribution in [0.5, 0.6) is 5.75 Å². The van der Waals surface area contributed by atoms with Crippen molar-refractivity contribution in [1.29, 1.82) is 0 Å². The maximum absolute atomic E-state index is 13.3. The Labute approximate surface area is 242 Å². The quantitative estimate of drug-likeness (QED) is 0.173. The lowest BCUT2D eigenvalue weighted by molar-refractivity contribution is 0.275. The third kappa shape index (κ3) is 6.86. The third-order valence-electron chi connectivity index (χ3n) is 7.36. The van der Waals surface area contributed by atoms with Gasteiger partial charge in [-0.25, -0.2) is 8.42 Å². The number of benzene rings is 2. The van der Waals surface area contributed by atoms with E-state index in [-0.39, 0.29) is 22.4 Å². The van der Waals surface area contributed by atoms with Gasteiger partial charge in [0, 0.05) is 10.6 Å². The maximum atomic E-state index is 13.3. The fraction of sp³-hybridized carbons (Fsp3) is 0.379. The predicted molar refractivity (Wildman–Crippen MR) is 160 cm³/mol. The molecule has 0 radical (unpaired) electrons. The van der Waals surface area contributed by atoms with E-state index < -0.39 is 18.2 Å². The minimum absolute atomic E-state index is 0.0191. The first kappa shape index (κ1) is 30.0. The van der Waals surface area contributed by atoms with Crippen LogP contribution >= 0.6 is 11.6 Å². The summed E-state index contributed by atoms with van der Waals surface area (Å²) in [6, 6.07) is 16.4. The number of hydrogen-bond donors (Lipinski definition) is 0. The Bertz CT molecular complexity index is 1540. The van der Waals surface area contributed by atoms with Gasteiger partial charge in [0.2, 0.25) is 5.82 Å². The summed E-state index contributed by atoms with van der Waals surface area (Å²) in [6.45, 7) is 11.3. The largest absolute Gasteiger partial charge is 0.495 e. The summed E-state index contributed by atoms with van der Waals surface area (Å²) in [7, 11) is -4.08. The molecule has 0 spiro atoms. The normalized spacial score (nSPS) is 12.6. The van der Waals surface area contributed by atoms with E-state index >= 15 is 0 Å². The zero-order chi connectivity index (χ0) is 29.1. The number of para-hydroxylation sites is 1. The van der Waals surface area contributed by atoms with E-state index in [1.54, 1.807) is 42.2 Å². The molecule has 40 heavy (non-hydrogen) atoms. The van der Waals surface area contributed by atoms with Crippen LogP contribution in [0.3, 0.4) is 0 Å². The molecule has 0 fully saturated rings. The van der Waals surface area contributed by atoms with Gasteiger partial charge in [-0.2, -0.15) is 0 Å². The molecule has 0 unspecified atom stereocenters. The molecular weight excluding hydrogens is 566 g/mol. The number of ether oxygens (including phenoxy) is 1. The molecule has 8 nitrogen and oxygen atoms in total. The number of aryl methyl sites for hydroxylation is 1. The number of sulfone groups is 1. The van der Waals surface area contributed by atoms with Gasteiger partial charge in [0.1, 0.15) is 11.5 Å². The SMILES string of the molecule is COc1cccc(CO[Si](C)(C)C(C)(C)C)c1-n1c(CS(=O)(=O)CCc2ccc(Cl)cc2)nnc1-c1ccco1. The van der Waals surface area contributed by atoms with Crippen LogP contribution in [0.15, 0.2) is 65.3 Å². The van der Waals surface area contributed by atoms with Crippen LogP contribution < -0.4 is 4.74 Å². The number of furan rings is 1. The fourth-order valence-electron chi connectivity index (χ4n) is 3.98. The van der Waals surface area contributed by atoms with Gasteiger partial charge in [0.05, 0.1) is 31.4 Å². The minimum Gasteiger partial charge on any atom is -0.495 e. The molecule has 4 rings (SSSR count). The average Bonchev–Trinajstić information content (AvgIpc) is 3.56. The Balaban J connectivity index is 1.75. The van der Waals surface area contributed by atoms with Gasteiger partial charge in [-0.15, -0.1) is 10.2 Å². The molecule has 2 aromatic carbocycles. The van der Waals surface area contributed by atoms with Crippen LogP contribution in [0.4, 0.5) is 0 Å². The first-order valence-corrected chi connectivity index (χ1v) is 18.2. The Kier molecular flexibility index (Phi) is 8.94. The standard InChI is InChI=1S/C29H36ClN3O5SSi/c1-29(2,3)40(5,6)38-19-22-9-7-10-24(36-4)27(22)33-26(31-32-28(33)25-11-8-17-37-25)20-39(34,35)18-16-21-12-14-23(30)15-13-21/h7-15,17H,16,18-20H2,1-6H3. The Morgan fingerprint density at radius 2 is 1.75 bits per heavy atom. The molecule has 11 heteroatoms. The van der Waals surface area contributed by atoms with E-state index in [2.05, 4.69) is 44.1 Å². The molecule has 0 aliphatic heterocycles. The van der Waals surface area contributed by atoms with Gasteiger partial charge in [-0.05, 0) is 60.4 Å². The summed E-state index contributed by atoms with van der Waals surface area (Å²) in [4.78, 5) is 0. The maximum Gasteiger partial charge on any atom is 0.204 e. The first-order chi connectivity index (χ1) is 18.8. The van der Waals surface area contributed by atoms with E-state index in [4.69, 9.17) is 25.2 Å². The van der Waals surface area contributed by atoms with E-state index in [0.29, 0.717) is 41.1 Å². The summed E-state index contributed by atoms with van der Waals surface area (Å²) in [5, 5.41) is 9.32. The lowest BCUT2D eigenvalue weighted by Gasteiger charge is -2.36. The zero-order valence-electron chi connectivity index (χ0n) is 23.8. The monoisotopic (exact) mass is 601 g/mol. The molecule has 2 aromatic heterocycles. The van der Waals surface area contributed by atoms with Crippen LogP contribution in [0, 0.1) is 0 Å². The zero-order valence-corrected chi connectivity index (χ0v) is 26.3. The highest BCUT2D eigenvalue weighted by atomic mass is 35.5. The van der Waals surface area contributed by atoms with Gasteiger partial charge in [0.15, 0.2) is 29.7 Å². The Hall–Kier alpha value is -2.92. The number of rotatable bonds is 11. The molecule has 0 bridgehead atoms. The molecule has 4 aromatic rings. The first-order valence-electron chi connectivity index (χ1n) is 13.0. The topological polar surface area (TPSA) is 96.5 Å². The summed E-state index contributed by atoms with van der Waals surface area (Å²) in [5.74, 6) is 1.29. The molecule has 2 heterocycles. The van der Waals surface area contributed by atoms with Crippen molar-refractivity contribution < 1.29 is 22.0 Å². The summed E-state index contributed by atoms with van der Waals surface area (Å²) < 4.78 is 46.4.